The SMILES string of the molecule is CC(O)(CNS(=O)(=O)c1ccc(Cl)s1)c1ccsc1. The van der Waals surface area contributed by atoms with E-state index in [0.717, 1.165) is 11.3 Å². The fraction of sp³-hybridized carbons (Fsp3) is 0.273. The number of hydrogen-bond donors (Lipinski definition) is 2. The number of halogens is 1. The molecule has 1 unspecified atom stereocenters. The van der Waals surface area contributed by atoms with Crippen molar-refractivity contribution in [3.63, 3.8) is 0 Å². The molecule has 8 heteroatoms. The third kappa shape index (κ3) is 3.56. The van der Waals surface area contributed by atoms with Crippen LogP contribution in [-0.4, -0.2) is 20.1 Å². The van der Waals surface area contributed by atoms with Crippen molar-refractivity contribution in [2.45, 2.75) is 16.7 Å². The van der Waals surface area contributed by atoms with Crippen molar-refractivity contribution in [1.29, 1.82) is 0 Å². The van der Waals surface area contributed by atoms with Gasteiger partial charge in [-0.05, 0) is 41.4 Å². The number of rotatable bonds is 5. The Balaban J connectivity index is 2.10. The van der Waals surface area contributed by atoms with Crippen LogP contribution in [0.2, 0.25) is 4.34 Å². The van der Waals surface area contributed by atoms with Gasteiger partial charge in [-0.25, -0.2) is 13.1 Å². The van der Waals surface area contributed by atoms with Crippen molar-refractivity contribution in [3.05, 3.63) is 38.9 Å². The lowest BCUT2D eigenvalue weighted by Gasteiger charge is -2.22. The zero-order chi connectivity index (χ0) is 14.1. The molecule has 2 heterocycles. The molecule has 2 aromatic rings. The van der Waals surface area contributed by atoms with Gasteiger partial charge in [0.25, 0.3) is 0 Å². The zero-order valence-corrected chi connectivity index (χ0v) is 13.2. The Morgan fingerprint density at radius 2 is 2.16 bits per heavy atom. The lowest BCUT2D eigenvalue weighted by molar-refractivity contribution is 0.0632. The summed E-state index contributed by atoms with van der Waals surface area (Å²) in [7, 11) is -3.64. The minimum absolute atomic E-state index is 0.0956. The molecule has 104 valence electrons. The minimum Gasteiger partial charge on any atom is -0.384 e. The molecule has 2 rings (SSSR count). The van der Waals surface area contributed by atoms with Crippen LogP contribution >= 0.6 is 34.3 Å². The highest BCUT2D eigenvalue weighted by molar-refractivity contribution is 7.91. The van der Waals surface area contributed by atoms with Crippen LogP contribution in [0, 0.1) is 0 Å². The van der Waals surface area contributed by atoms with Crippen molar-refractivity contribution in [1.82, 2.24) is 4.72 Å². The Morgan fingerprint density at radius 3 is 2.68 bits per heavy atom. The van der Waals surface area contributed by atoms with Crippen molar-refractivity contribution in [2.75, 3.05) is 6.54 Å². The molecular formula is C11H12ClNO3S3. The van der Waals surface area contributed by atoms with E-state index in [0.29, 0.717) is 9.90 Å². The molecule has 0 aliphatic rings. The first kappa shape index (κ1) is 15.0. The summed E-state index contributed by atoms with van der Waals surface area (Å²) >= 11 is 8.14. The summed E-state index contributed by atoms with van der Waals surface area (Å²) in [5, 5.41) is 13.9. The van der Waals surface area contributed by atoms with Gasteiger partial charge in [-0.1, -0.05) is 11.6 Å². The van der Waals surface area contributed by atoms with Gasteiger partial charge in [0.1, 0.15) is 9.81 Å². The normalized spacial score (nSPS) is 15.3. The first-order valence-corrected chi connectivity index (χ1v) is 8.93. The highest BCUT2D eigenvalue weighted by atomic mass is 35.5. The quantitative estimate of drug-likeness (QED) is 0.881. The standard InChI is InChI=1S/C11H12ClNO3S3/c1-11(14,8-4-5-17-6-8)7-13-19(15,16)10-3-2-9(12)18-10/h2-6,13-14H,7H2,1H3. The molecule has 2 aromatic heterocycles. The number of aliphatic hydroxyl groups is 1. The highest BCUT2D eigenvalue weighted by Crippen LogP contribution is 2.27. The molecule has 0 spiro atoms. The first-order chi connectivity index (χ1) is 8.81. The molecule has 0 radical (unpaired) electrons. The van der Waals surface area contributed by atoms with Crippen LogP contribution in [-0.2, 0) is 15.6 Å². The third-order valence-electron chi connectivity index (χ3n) is 2.56. The summed E-state index contributed by atoms with van der Waals surface area (Å²) in [6, 6.07) is 4.73. The second-order valence-electron chi connectivity index (χ2n) is 4.17. The molecule has 4 nitrogen and oxygen atoms in total. The van der Waals surface area contributed by atoms with E-state index >= 15 is 0 Å². The van der Waals surface area contributed by atoms with Gasteiger partial charge in [-0.3, -0.25) is 0 Å². The molecule has 0 bridgehead atoms. The Morgan fingerprint density at radius 1 is 1.42 bits per heavy atom. The smallest absolute Gasteiger partial charge is 0.250 e. The zero-order valence-electron chi connectivity index (χ0n) is 9.96. The lowest BCUT2D eigenvalue weighted by atomic mass is 10.0. The number of thiophene rings is 2. The van der Waals surface area contributed by atoms with Crippen LogP contribution < -0.4 is 4.72 Å². The van der Waals surface area contributed by atoms with Gasteiger partial charge in [0, 0.05) is 6.54 Å². The Bertz CT molecular complexity index is 647. The van der Waals surface area contributed by atoms with Crippen LogP contribution in [0.5, 0.6) is 0 Å². The summed E-state index contributed by atoms with van der Waals surface area (Å²) in [5.41, 5.74) is -0.557. The van der Waals surface area contributed by atoms with Crippen molar-refractivity contribution >= 4 is 44.3 Å². The molecule has 0 fully saturated rings. The maximum Gasteiger partial charge on any atom is 0.250 e. The molecular weight excluding hydrogens is 326 g/mol. The van der Waals surface area contributed by atoms with Gasteiger partial charge in [0.05, 0.1) is 4.34 Å². The van der Waals surface area contributed by atoms with E-state index in [2.05, 4.69) is 4.72 Å². The Labute approximate surface area is 124 Å². The maximum absolute atomic E-state index is 12.0. The number of nitrogens with one attached hydrogen (secondary N) is 1. The summed E-state index contributed by atoms with van der Waals surface area (Å²) in [6.07, 6.45) is 0. The Hall–Kier alpha value is -0.440. The molecule has 0 aromatic carbocycles. The first-order valence-electron chi connectivity index (χ1n) is 5.31. The predicted octanol–water partition coefficient (Wildman–Crippen LogP) is 2.65. The molecule has 0 saturated carbocycles. The third-order valence-corrected chi connectivity index (χ3v) is 6.37. The van der Waals surface area contributed by atoms with Crippen LogP contribution in [0.25, 0.3) is 0 Å². The molecule has 1 atom stereocenters. The van der Waals surface area contributed by atoms with Gasteiger partial charge in [-0.2, -0.15) is 11.3 Å². The summed E-state index contributed by atoms with van der Waals surface area (Å²) in [6.45, 7) is 1.47. The average Bonchev–Trinajstić information content (AvgIpc) is 2.97. The lowest BCUT2D eigenvalue weighted by Crippen LogP contribution is -2.38. The molecule has 0 aliphatic heterocycles. The minimum atomic E-state index is -3.64. The molecule has 0 saturated heterocycles. The van der Waals surface area contributed by atoms with E-state index in [-0.39, 0.29) is 10.8 Å². The summed E-state index contributed by atoms with van der Waals surface area (Å²) in [4.78, 5) is 0. The van der Waals surface area contributed by atoms with E-state index in [4.69, 9.17) is 11.6 Å². The van der Waals surface area contributed by atoms with Gasteiger partial charge in [0.15, 0.2) is 0 Å². The van der Waals surface area contributed by atoms with E-state index in [1.165, 1.54) is 23.5 Å². The molecule has 0 amide bonds. The average molecular weight is 338 g/mol. The number of hydrogen-bond acceptors (Lipinski definition) is 5. The van der Waals surface area contributed by atoms with Gasteiger partial charge in [-0.15, -0.1) is 11.3 Å². The fourth-order valence-electron chi connectivity index (χ4n) is 1.42. The van der Waals surface area contributed by atoms with Crippen LogP contribution in [0.1, 0.15) is 12.5 Å². The van der Waals surface area contributed by atoms with Gasteiger partial charge >= 0.3 is 0 Å². The van der Waals surface area contributed by atoms with Gasteiger partial charge in [0.2, 0.25) is 10.0 Å². The van der Waals surface area contributed by atoms with Crippen LogP contribution in [0.4, 0.5) is 0 Å². The van der Waals surface area contributed by atoms with Crippen molar-refractivity contribution in [2.24, 2.45) is 0 Å². The largest absolute Gasteiger partial charge is 0.384 e. The molecule has 0 aliphatic carbocycles. The summed E-state index contributed by atoms with van der Waals surface area (Å²) in [5.74, 6) is 0. The monoisotopic (exact) mass is 337 g/mol. The van der Waals surface area contributed by atoms with Crippen LogP contribution in [0.15, 0.2) is 33.2 Å². The molecule has 2 N–H and O–H groups in total. The Kier molecular flexibility index (Phi) is 4.34. The summed E-state index contributed by atoms with van der Waals surface area (Å²) < 4.78 is 26.9. The second-order valence-corrected chi connectivity index (χ2v) is 8.66. The predicted molar refractivity (Wildman–Crippen MR) is 78.4 cm³/mol. The van der Waals surface area contributed by atoms with E-state index in [1.54, 1.807) is 18.4 Å². The highest BCUT2D eigenvalue weighted by Gasteiger charge is 2.27. The second kappa shape index (κ2) is 5.51. The van der Waals surface area contributed by atoms with Crippen molar-refractivity contribution < 1.29 is 13.5 Å². The van der Waals surface area contributed by atoms with E-state index in [1.807, 2.05) is 5.38 Å². The van der Waals surface area contributed by atoms with Crippen LogP contribution in [0.3, 0.4) is 0 Å². The van der Waals surface area contributed by atoms with E-state index in [9.17, 15) is 13.5 Å². The fourth-order valence-corrected chi connectivity index (χ4v) is 4.86. The van der Waals surface area contributed by atoms with E-state index < -0.39 is 15.6 Å². The maximum atomic E-state index is 12.0. The molecule has 19 heavy (non-hydrogen) atoms. The number of sulfonamides is 1. The van der Waals surface area contributed by atoms with Gasteiger partial charge < -0.3 is 5.11 Å². The topological polar surface area (TPSA) is 66.4 Å². The van der Waals surface area contributed by atoms with Crippen molar-refractivity contribution in [3.8, 4) is 0 Å².